The summed E-state index contributed by atoms with van der Waals surface area (Å²) in [4.78, 5) is 27.8. The molecule has 1 aliphatic heterocycles. The SMILES string of the molecule is CC(=O)NC1CCN(c2ccc(C(=O)O)cn2)C1. The lowest BCUT2D eigenvalue weighted by Crippen LogP contribution is -2.35. The second-order valence-corrected chi connectivity index (χ2v) is 4.34. The number of anilines is 1. The van der Waals surface area contributed by atoms with E-state index in [4.69, 9.17) is 5.11 Å². The molecule has 6 heteroatoms. The topological polar surface area (TPSA) is 82.5 Å². The van der Waals surface area contributed by atoms with E-state index in [0.717, 1.165) is 18.8 Å². The standard InChI is InChI=1S/C12H15N3O3/c1-8(16)14-10-4-5-15(7-10)11-3-2-9(6-13-11)12(17)18/h2-3,6,10H,4-5,7H2,1H3,(H,14,16)(H,17,18). The van der Waals surface area contributed by atoms with Crippen molar-refractivity contribution in [2.75, 3.05) is 18.0 Å². The molecule has 1 aromatic heterocycles. The number of nitrogens with zero attached hydrogens (tertiary/aromatic N) is 2. The van der Waals surface area contributed by atoms with Gasteiger partial charge in [-0.05, 0) is 18.6 Å². The lowest BCUT2D eigenvalue weighted by atomic mass is 10.2. The number of aromatic nitrogens is 1. The lowest BCUT2D eigenvalue weighted by Gasteiger charge is -2.17. The van der Waals surface area contributed by atoms with Gasteiger partial charge in [0.25, 0.3) is 0 Å². The maximum Gasteiger partial charge on any atom is 0.337 e. The summed E-state index contributed by atoms with van der Waals surface area (Å²) >= 11 is 0. The fraction of sp³-hybridized carbons (Fsp3) is 0.417. The van der Waals surface area contributed by atoms with E-state index < -0.39 is 5.97 Å². The van der Waals surface area contributed by atoms with Crippen LogP contribution in [0, 0.1) is 0 Å². The van der Waals surface area contributed by atoms with Gasteiger partial charge < -0.3 is 15.3 Å². The van der Waals surface area contributed by atoms with Crippen molar-refractivity contribution < 1.29 is 14.7 Å². The van der Waals surface area contributed by atoms with Gasteiger partial charge in [-0.1, -0.05) is 0 Å². The molecule has 0 aromatic carbocycles. The first-order valence-electron chi connectivity index (χ1n) is 5.77. The van der Waals surface area contributed by atoms with Gasteiger partial charge in [0.05, 0.1) is 5.56 Å². The maximum absolute atomic E-state index is 11.0. The molecule has 6 nitrogen and oxygen atoms in total. The van der Waals surface area contributed by atoms with Gasteiger partial charge in [0.1, 0.15) is 5.82 Å². The van der Waals surface area contributed by atoms with Gasteiger partial charge in [0.15, 0.2) is 0 Å². The van der Waals surface area contributed by atoms with E-state index in [1.165, 1.54) is 19.2 Å². The highest BCUT2D eigenvalue weighted by molar-refractivity contribution is 5.87. The summed E-state index contributed by atoms with van der Waals surface area (Å²) in [6.07, 6.45) is 2.23. The number of hydrogen-bond acceptors (Lipinski definition) is 4. The molecule has 1 fully saturated rings. The Hall–Kier alpha value is -2.11. The Labute approximate surface area is 105 Å². The molecule has 2 heterocycles. The smallest absolute Gasteiger partial charge is 0.337 e. The van der Waals surface area contributed by atoms with Crippen LogP contribution in [-0.2, 0) is 4.79 Å². The molecule has 1 aromatic rings. The van der Waals surface area contributed by atoms with Crippen LogP contribution in [0.2, 0.25) is 0 Å². The molecule has 1 unspecified atom stereocenters. The van der Waals surface area contributed by atoms with Crippen molar-refractivity contribution >= 4 is 17.7 Å². The number of aromatic carboxylic acids is 1. The van der Waals surface area contributed by atoms with Crippen LogP contribution in [-0.4, -0.2) is 41.1 Å². The number of hydrogen-bond donors (Lipinski definition) is 2. The van der Waals surface area contributed by atoms with Crippen LogP contribution in [0.25, 0.3) is 0 Å². The van der Waals surface area contributed by atoms with E-state index in [0.29, 0.717) is 6.54 Å². The molecule has 0 saturated carbocycles. The second-order valence-electron chi connectivity index (χ2n) is 4.34. The van der Waals surface area contributed by atoms with E-state index in [9.17, 15) is 9.59 Å². The van der Waals surface area contributed by atoms with Gasteiger partial charge in [0, 0.05) is 32.3 Å². The van der Waals surface area contributed by atoms with Crippen LogP contribution in [0.1, 0.15) is 23.7 Å². The largest absolute Gasteiger partial charge is 0.478 e. The Morgan fingerprint density at radius 3 is 2.83 bits per heavy atom. The van der Waals surface area contributed by atoms with Crippen LogP contribution in [0.3, 0.4) is 0 Å². The zero-order valence-electron chi connectivity index (χ0n) is 10.1. The fourth-order valence-corrected chi connectivity index (χ4v) is 2.07. The van der Waals surface area contributed by atoms with Gasteiger partial charge in [-0.15, -0.1) is 0 Å². The van der Waals surface area contributed by atoms with Gasteiger partial charge in [-0.3, -0.25) is 4.79 Å². The van der Waals surface area contributed by atoms with E-state index in [1.54, 1.807) is 6.07 Å². The highest BCUT2D eigenvalue weighted by Crippen LogP contribution is 2.18. The van der Waals surface area contributed by atoms with Gasteiger partial charge in [0.2, 0.25) is 5.91 Å². The molecule has 0 spiro atoms. The van der Waals surface area contributed by atoms with Crippen LogP contribution in [0.4, 0.5) is 5.82 Å². The van der Waals surface area contributed by atoms with E-state index >= 15 is 0 Å². The molecule has 1 saturated heterocycles. The number of amides is 1. The molecule has 2 N–H and O–H groups in total. The first kappa shape index (κ1) is 12.3. The third kappa shape index (κ3) is 2.77. The number of carbonyl (C=O) groups excluding carboxylic acids is 1. The minimum atomic E-state index is -0.980. The molecule has 2 rings (SSSR count). The van der Waals surface area contributed by atoms with Crippen LogP contribution < -0.4 is 10.2 Å². The quantitative estimate of drug-likeness (QED) is 0.815. The summed E-state index contributed by atoms with van der Waals surface area (Å²) in [5.74, 6) is -0.268. The molecule has 18 heavy (non-hydrogen) atoms. The zero-order valence-corrected chi connectivity index (χ0v) is 10.1. The molecular formula is C12H15N3O3. The first-order chi connectivity index (χ1) is 8.56. The van der Waals surface area contributed by atoms with Crippen LogP contribution in [0.5, 0.6) is 0 Å². The third-order valence-electron chi connectivity index (χ3n) is 2.91. The van der Waals surface area contributed by atoms with Crippen molar-refractivity contribution in [1.82, 2.24) is 10.3 Å². The van der Waals surface area contributed by atoms with Crippen LogP contribution >= 0.6 is 0 Å². The number of carboxylic acids is 1. The van der Waals surface area contributed by atoms with Crippen molar-refractivity contribution in [2.45, 2.75) is 19.4 Å². The second kappa shape index (κ2) is 5.03. The summed E-state index contributed by atoms with van der Waals surface area (Å²) in [5.41, 5.74) is 0.177. The predicted molar refractivity (Wildman–Crippen MR) is 65.6 cm³/mol. The number of carbonyl (C=O) groups is 2. The molecular weight excluding hydrogens is 234 g/mol. The molecule has 1 atom stereocenters. The molecule has 1 amide bonds. The lowest BCUT2D eigenvalue weighted by molar-refractivity contribution is -0.119. The van der Waals surface area contributed by atoms with E-state index in [2.05, 4.69) is 10.3 Å². The Bertz CT molecular complexity index is 458. The van der Waals surface area contributed by atoms with E-state index in [1.807, 2.05) is 4.90 Å². The number of rotatable bonds is 3. The molecule has 1 aliphatic rings. The van der Waals surface area contributed by atoms with Gasteiger partial charge in [-0.25, -0.2) is 9.78 Å². The highest BCUT2D eigenvalue weighted by Gasteiger charge is 2.23. The summed E-state index contributed by atoms with van der Waals surface area (Å²) in [6.45, 7) is 3.02. The summed E-state index contributed by atoms with van der Waals surface area (Å²) in [5, 5.41) is 11.6. The normalized spacial score (nSPS) is 18.7. The first-order valence-corrected chi connectivity index (χ1v) is 5.77. The van der Waals surface area contributed by atoms with Gasteiger partial charge >= 0.3 is 5.97 Å². The van der Waals surface area contributed by atoms with Crippen molar-refractivity contribution in [3.05, 3.63) is 23.9 Å². The van der Waals surface area contributed by atoms with Crippen molar-refractivity contribution in [3.63, 3.8) is 0 Å². The Balaban J connectivity index is 2.01. The fourth-order valence-electron chi connectivity index (χ4n) is 2.07. The highest BCUT2D eigenvalue weighted by atomic mass is 16.4. The Morgan fingerprint density at radius 1 is 1.50 bits per heavy atom. The van der Waals surface area contributed by atoms with Crippen molar-refractivity contribution in [2.24, 2.45) is 0 Å². The molecule has 0 bridgehead atoms. The summed E-state index contributed by atoms with van der Waals surface area (Å²) in [7, 11) is 0. The molecule has 0 aliphatic carbocycles. The van der Waals surface area contributed by atoms with Crippen molar-refractivity contribution in [3.8, 4) is 0 Å². The average molecular weight is 249 g/mol. The van der Waals surface area contributed by atoms with Crippen LogP contribution in [0.15, 0.2) is 18.3 Å². The maximum atomic E-state index is 11.0. The Kier molecular flexibility index (Phi) is 3.45. The average Bonchev–Trinajstić information content (AvgIpc) is 2.76. The minimum Gasteiger partial charge on any atom is -0.478 e. The summed E-state index contributed by atoms with van der Waals surface area (Å²) < 4.78 is 0. The van der Waals surface area contributed by atoms with E-state index in [-0.39, 0.29) is 17.5 Å². The monoisotopic (exact) mass is 249 g/mol. The number of carboxylic acid groups (broad SMARTS) is 1. The number of pyridine rings is 1. The zero-order chi connectivity index (χ0) is 13.1. The van der Waals surface area contributed by atoms with Crippen molar-refractivity contribution in [1.29, 1.82) is 0 Å². The number of nitrogens with one attached hydrogen (secondary N) is 1. The Morgan fingerprint density at radius 2 is 2.28 bits per heavy atom. The molecule has 0 radical (unpaired) electrons. The van der Waals surface area contributed by atoms with Gasteiger partial charge in [-0.2, -0.15) is 0 Å². The molecule has 96 valence electrons. The third-order valence-corrected chi connectivity index (χ3v) is 2.91. The minimum absolute atomic E-state index is 0.0314. The predicted octanol–water partition coefficient (Wildman–Crippen LogP) is 0.495. The summed E-state index contributed by atoms with van der Waals surface area (Å²) in [6, 6.07) is 3.37.